The van der Waals surface area contributed by atoms with E-state index in [2.05, 4.69) is 32.0 Å². The summed E-state index contributed by atoms with van der Waals surface area (Å²) in [5.74, 6) is 0.438. The van der Waals surface area contributed by atoms with Crippen LogP contribution in [0.2, 0.25) is 0 Å². The lowest BCUT2D eigenvalue weighted by Gasteiger charge is -2.28. The first kappa shape index (κ1) is 21.0. The molecule has 1 heterocycles. The molecule has 2 N–H and O–H groups in total. The van der Waals surface area contributed by atoms with Gasteiger partial charge in [-0.25, -0.2) is 4.79 Å². The van der Waals surface area contributed by atoms with Crippen LogP contribution in [0, 0.1) is 5.92 Å². The highest BCUT2D eigenvalue weighted by Gasteiger charge is 2.26. The van der Waals surface area contributed by atoms with Gasteiger partial charge < -0.3 is 19.9 Å². The summed E-state index contributed by atoms with van der Waals surface area (Å²) in [7, 11) is 0. The molecule has 0 saturated carbocycles. The molecule has 146 valence electrons. The number of aliphatic hydroxyl groups is 1. The van der Waals surface area contributed by atoms with E-state index in [0.717, 1.165) is 12.1 Å². The molecule has 26 heavy (non-hydrogen) atoms. The van der Waals surface area contributed by atoms with Crippen molar-refractivity contribution >= 4 is 18.9 Å². The maximum absolute atomic E-state index is 12.2. The van der Waals surface area contributed by atoms with Gasteiger partial charge in [-0.2, -0.15) is 0 Å². The van der Waals surface area contributed by atoms with E-state index >= 15 is 0 Å². The van der Waals surface area contributed by atoms with Gasteiger partial charge in [0.25, 0.3) is 0 Å². The van der Waals surface area contributed by atoms with Gasteiger partial charge in [-0.3, -0.25) is 4.31 Å². The van der Waals surface area contributed by atoms with E-state index in [9.17, 15) is 9.90 Å². The van der Waals surface area contributed by atoms with Crippen LogP contribution in [0.3, 0.4) is 0 Å². The van der Waals surface area contributed by atoms with Crippen molar-refractivity contribution in [1.29, 1.82) is 0 Å². The van der Waals surface area contributed by atoms with Crippen molar-refractivity contribution in [1.82, 2.24) is 9.62 Å². The molecule has 6 nitrogen and oxygen atoms in total. The number of benzene rings is 1. The van der Waals surface area contributed by atoms with Crippen LogP contribution < -0.4 is 5.32 Å². The van der Waals surface area contributed by atoms with Crippen molar-refractivity contribution in [3.05, 3.63) is 35.9 Å². The number of nitrogens with zero attached hydrogens (tertiary/aromatic N) is 1. The first-order chi connectivity index (χ1) is 12.4. The Bertz CT molecular complexity index is 538. The van der Waals surface area contributed by atoms with Crippen LogP contribution >= 0.6 is 12.8 Å². The number of alkyl carbamates (subject to hydrolysis) is 1. The molecule has 7 heteroatoms. The van der Waals surface area contributed by atoms with Crippen LogP contribution in [-0.2, 0) is 15.9 Å². The van der Waals surface area contributed by atoms with Gasteiger partial charge in [0.15, 0.2) is 0 Å². The molecule has 1 saturated heterocycles. The van der Waals surface area contributed by atoms with Crippen LogP contribution in [-0.4, -0.2) is 60.1 Å². The van der Waals surface area contributed by atoms with E-state index in [1.54, 1.807) is 4.31 Å². The fourth-order valence-corrected chi connectivity index (χ4v) is 3.43. The lowest BCUT2D eigenvalue weighted by atomic mass is 10.0. The zero-order valence-electron chi connectivity index (χ0n) is 15.5. The fourth-order valence-electron chi connectivity index (χ4n) is 2.93. The van der Waals surface area contributed by atoms with Crippen molar-refractivity contribution < 1.29 is 19.4 Å². The molecule has 0 aliphatic carbocycles. The second kappa shape index (κ2) is 10.8. The molecule has 0 radical (unpaired) electrons. The second-order valence-electron chi connectivity index (χ2n) is 7.16. The standard InChI is InChI=1S/C19H30N2O4S/c1-14(2)11-21(26)12-18(22)17(10-15-6-4-3-5-7-15)20-19(23)25-16-8-9-24-13-16/h3-7,14,16-18,22,26H,8-13H2,1-2H3,(H,20,23). The minimum Gasteiger partial charge on any atom is -0.444 e. The van der Waals surface area contributed by atoms with E-state index in [1.165, 1.54) is 0 Å². The Morgan fingerprint density at radius 2 is 2.12 bits per heavy atom. The van der Waals surface area contributed by atoms with Crippen LogP contribution in [0.5, 0.6) is 0 Å². The van der Waals surface area contributed by atoms with E-state index in [-0.39, 0.29) is 6.10 Å². The van der Waals surface area contributed by atoms with Crippen molar-refractivity contribution in [2.45, 2.75) is 44.9 Å². The molecule has 0 bridgehead atoms. The predicted octanol–water partition coefficient (Wildman–Crippen LogP) is 2.28. The Balaban J connectivity index is 1.96. The van der Waals surface area contributed by atoms with Gasteiger partial charge in [0, 0.05) is 19.5 Å². The Labute approximate surface area is 161 Å². The van der Waals surface area contributed by atoms with Gasteiger partial charge in [-0.1, -0.05) is 57.0 Å². The highest BCUT2D eigenvalue weighted by molar-refractivity contribution is 7.77. The molecule has 2 rings (SSSR count). The predicted molar refractivity (Wildman–Crippen MR) is 104 cm³/mol. The fraction of sp³-hybridized carbons (Fsp3) is 0.632. The van der Waals surface area contributed by atoms with Crippen molar-refractivity contribution in [3.63, 3.8) is 0 Å². The number of nitrogens with one attached hydrogen (secondary N) is 1. The molecule has 1 aliphatic rings. The number of rotatable bonds is 9. The number of thiol groups is 1. The van der Waals surface area contributed by atoms with Gasteiger partial charge in [-0.05, 0) is 17.9 Å². The summed E-state index contributed by atoms with van der Waals surface area (Å²) in [5, 5.41) is 13.5. The number of hydrogen-bond donors (Lipinski definition) is 3. The molecule has 3 unspecified atom stereocenters. The smallest absolute Gasteiger partial charge is 0.407 e. The Morgan fingerprint density at radius 1 is 1.38 bits per heavy atom. The molecule has 1 fully saturated rings. The largest absolute Gasteiger partial charge is 0.444 e. The average molecular weight is 383 g/mol. The lowest BCUT2D eigenvalue weighted by molar-refractivity contribution is 0.0652. The molecular formula is C19H30N2O4S. The molecule has 0 aromatic heterocycles. The monoisotopic (exact) mass is 382 g/mol. The van der Waals surface area contributed by atoms with Crippen LogP contribution in [0.25, 0.3) is 0 Å². The van der Waals surface area contributed by atoms with Crippen LogP contribution in [0.1, 0.15) is 25.8 Å². The SMILES string of the molecule is CC(C)CN(S)CC(O)C(Cc1ccccc1)NC(=O)OC1CCOC1. The first-order valence-corrected chi connectivity index (χ1v) is 9.54. The number of ether oxygens (including phenoxy) is 2. The number of carbonyl (C=O) groups is 1. The highest BCUT2D eigenvalue weighted by atomic mass is 32.1. The Hall–Kier alpha value is -1.28. The highest BCUT2D eigenvalue weighted by Crippen LogP contribution is 2.12. The number of amides is 1. The normalized spacial score (nSPS) is 19.5. The maximum Gasteiger partial charge on any atom is 0.407 e. The summed E-state index contributed by atoms with van der Waals surface area (Å²) >= 11 is 4.43. The molecule has 1 amide bonds. The van der Waals surface area contributed by atoms with E-state index in [4.69, 9.17) is 9.47 Å². The minimum atomic E-state index is -0.765. The molecule has 0 spiro atoms. The van der Waals surface area contributed by atoms with Gasteiger partial charge in [0.05, 0.1) is 25.4 Å². The average Bonchev–Trinajstić information content (AvgIpc) is 3.07. The van der Waals surface area contributed by atoms with Gasteiger partial charge in [0.2, 0.25) is 0 Å². The van der Waals surface area contributed by atoms with E-state index < -0.39 is 18.2 Å². The minimum absolute atomic E-state index is 0.216. The maximum atomic E-state index is 12.2. The Morgan fingerprint density at radius 3 is 2.73 bits per heavy atom. The summed E-state index contributed by atoms with van der Waals surface area (Å²) in [5.41, 5.74) is 1.04. The molecular weight excluding hydrogens is 352 g/mol. The molecule has 1 aromatic rings. The topological polar surface area (TPSA) is 71.0 Å². The van der Waals surface area contributed by atoms with Gasteiger partial charge in [0.1, 0.15) is 6.10 Å². The molecule has 3 atom stereocenters. The summed E-state index contributed by atoms with van der Waals surface area (Å²) in [6.07, 6.45) is -0.277. The second-order valence-corrected chi connectivity index (χ2v) is 7.73. The number of aliphatic hydroxyl groups excluding tert-OH is 1. The molecule has 1 aromatic carbocycles. The summed E-state index contributed by atoms with van der Waals surface area (Å²) in [6, 6.07) is 9.31. The number of hydrogen-bond acceptors (Lipinski definition) is 6. The van der Waals surface area contributed by atoms with Crippen molar-refractivity contribution in [3.8, 4) is 0 Å². The summed E-state index contributed by atoms with van der Waals surface area (Å²) in [6.45, 7) is 6.33. The van der Waals surface area contributed by atoms with Crippen molar-refractivity contribution in [2.24, 2.45) is 5.92 Å². The molecule has 1 aliphatic heterocycles. The van der Waals surface area contributed by atoms with E-state index in [0.29, 0.717) is 38.5 Å². The quantitative estimate of drug-likeness (QED) is 0.572. The van der Waals surface area contributed by atoms with Crippen LogP contribution in [0.15, 0.2) is 30.3 Å². The Kier molecular flexibility index (Phi) is 8.71. The third kappa shape index (κ3) is 7.53. The van der Waals surface area contributed by atoms with Gasteiger partial charge >= 0.3 is 6.09 Å². The van der Waals surface area contributed by atoms with Crippen molar-refractivity contribution in [2.75, 3.05) is 26.3 Å². The third-order valence-corrected chi connectivity index (χ3v) is 4.53. The summed E-state index contributed by atoms with van der Waals surface area (Å²) in [4.78, 5) is 12.2. The zero-order chi connectivity index (χ0) is 18.9. The van der Waals surface area contributed by atoms with E-state index in [1.807, 2.05) is 30.3 Å². The first-order valence-electron chi connectivity index (χ1n) is 9.14. The lowest BCUT2D eigenvalue weighted by Crippen LogP contribution is -2.49. The van der Waals surface area contributed by atoms with Crippen LogP contribution in [0.4, 0.5) is 4.79 Å². The zero-order valence-corrected chi connectivity index (χ0v) is 16.4. The third-order valence-electron chi connectivity index (χ3n) is 4.20. The summed E-state index contributed by atoms with van der Waals surface area (Å²) < 4.78 is 12.4. The number of carbonyl (C=O) groups excluding carboxylic acids is 1. The van der Waals surface area contributed by atoms with Gasteiger partial charge in [-0.15, -0.1) is 0 Å².